The summed E-state index contributed by atoms with van der Waals surface area (Å²) in [7, 11) is 12.1. The van der Waals surface area contributed by atoms with Crippen molar-refractivity contribution in [1.29, 1.82) is 0 Å². The molecule has 0 aliphatic heterocycles. The Hall–Kier alpha value is -0.765. The van der Waals surface area contributed by atoms with Crippen LogP contribution in [0.4, 0.5) is 0 Å². The van der Waals surface area contributed by atoms with Gasteiger partial charge in [0, 0.05) is 5.82 Å². The van der Waals surface area contributed by atoms with Gasteiger partial charge in [-0.2, -0.15) is 0 Å². The normalized spacial score (nSPS) is 30.5. The number of allylic oxidation sites excluding steroid dienone is 2. The molecule has 1 aliphatic rings. The van der Waals surface area contributed by atoms with Crippen LogP contribution in [0.15, 0.2) is 11.6 Å². The van der Waals surface area contributed by atoms with Gasteiger partial charge in [0.05, 0.1) is 29.0 Å². The quantitative estimate of drug-likeness (QED) is 0.608. The van der Waals surface area contributed by atoms with E-state index in [9.17, 15) is 4.79 Å². The third-order valence-corrected chi connectivity index (χ3v) is 4.46. The molecular formula is C18H35BNO2+. The summed E-state index contributed by atoms with van der Waals surface area (Å²) in [5.74, 6) is -0.297. The molecule has 0 fully saturated rings. The summed E-state index contributed by atoms with van der Waals surface area (Å²) in [6.45, 7) is 6.63. The van der Waals surface area contributed by atoms with Crippen molar-refractivity contribution in [1.82, 2.24) is 0 Å². The lowest BCUT2D eigenvalue weighted by Crippen LogP contribution is -3.02. The Morgan fingerprint density at radius 1 is 1.27 bits per heavy atom. The van der Waals surface area contributed by atoms with Gasteiger partial charge in [-0.3, -0.25) is 4.79 Å². The first-order chi connectivity index (χ1) is 10.1. The molecule has 0 spiro atoms. The lowest BCUT2D eigenvalue weighted by atomic mass is 9.69. The summed E-state index contributed by atoms with van der Waals surface area (Å²) in [5.41, 5.74) is 1.37. The Kier molecular flexibility index (Phi) is 10.5. The predicted octanol–water partition coefficient (Wildman–Crippen LogP) is 2.59. The lowest BCUT2D eigenvalue weighted by Gasteiger charge is -2.29. The minimum absolute atomic E-state index is 0.0985. The summed E-state index contributed by atoms with van der Waals surface area (Å²) >= 11 is 0. The summed E-state index contributed by atoms with van der Waals surface area (Å²) < 4.78 is 0. The van der Waals surface area contributed by atoms with Crippen LogP contribution < -0.4 is 4.90 Å². The van der Waals surface area contributed by atoms with Crippen molar-refractivity contribution in [2.45, 2.75) is 58.7 Å². The molecule has 22 heavy (non-hydrogen) atoms. The van der Waals surface area contributed by atoms with Crippen molar-refractivity contribution in [2.75, 3.05) is 21.1 Å². The highest BCUT2D eigenvalue weighted by atomic mass is 16.4. The van der Waals surface area contributed by atoms with Crippen molar-refractivity contribution in [2.24, 2.45) is 17.8 Å². The second kappa shape index (κ2) is 10.9. The standard InChI is InChI=1S/C15H25BO2.C3H9N/c1-10-5-4-6-11(2)12(3)9-13(8-7-10)14(16)15(17)18;1-4(2)3/h5,11-14H,4,6-9H2,1-3H3,(H,17,18);1-3H3/p+1/b10-5+;. The van der Waals surface area contributed by atoms with Crippen LogP contribution in [0.3, 0.4) is 0 Å². The first kappa shape index (κ1) is 21.2. The molecule has 0 amide bonds. The van der Waals surface area contributed by atoms with Crippen molar-refractivity contribution >= 4 is 13.8 Å². The van der Waals surface area contributed by atoms with Crippen LogP contribution in [0, 0.1) is 17.8 Å². The van der Waals surface area contributed by atoms with E-state index in [1.807, 2.05) is 0 Å². The van der Waals surface area contributed by atoms with E-state index in [0.717, 1.165) is 25.7 Å². The van der Waals surface area contributed by atoms with Gasteiger partial charge in [0.25, 0.3) is 5.97 Å². The van der Waals surface area contributed by atoms with Crippen LogP contribution >= 0.6 is 0 Å². The maximum atomic E-state index is 11.1. The van der Waals surface area contributed by atoms with Gasteiger partial charge >= 0.3 is 0 Å². The third-order valence-electron chi connectivity index (χ3n) is 4.46. The summed E-state index contributed by atoms with van der Waals surface area (Å²) in [6, 6.07) is 0. The molecule has 0 aromatic heterocycles. The highest BCUT2D eigenvalue weighted by molar-refractivity contribution is 6.22. The minimum Gasteiger partial charge on any atom is -0.482 e. The first-order valence-electron chi connectivity index (χ1n) is 8.55. The van der Waals surface area contributed by atoms with E-state index in [-0.39, 0.29) is 5.92 Å². The van der Waals surface area contributed by atoms with Gasteiger partial charge in [-0.25, -0.2) is 0 Å². The maximum Gasteiger partial charge on any atom is 0.297 e. The first-order valence-corrected chi connectivity index (χ1v) is 8.55. The number of carboxylic acid groups (broad SMARTS) is 1. The van der Waals surface area contributed by atoms with E-state index in [4.69, 9.17) is 13.0 Å². The van der Waals surface area contributed by atoms with Crippen molar-refractivity contribution in [3.8, 4) is 0 Å². The Labute approximate surface area is 138 Å². The van der Waals surface area contributed by atoms with Crippen LogP contribution in [0.5, 0.6) is 0 Å². The zero-order valence-corrected chi connectivity index (χ0v) is 15.4. The number of carbonyl (C=O) groups is 1. The van der Waals surface area contributed by atoms with Crippen molar-refractivity contribution in [3.63, 3.8) is 0 Å². The molecule has 1 aliphatic carbocycles. The molecule has 2 radical (unpaired) electrons. The molecule has 4 unspecified atom stereocenters. The molecule has 0 heterocycles. The average Bonchev–Trinajstić information content (AvgIpc) is 2.40. The fourth-order valence-corrected chi connectivity index (χ4v) is 2.75. The monoisotopic (exact) mass is 308 g/mol. The van der Waals surface area contributed by atoms with Gasteiger partial charge in [0.2, 0.25) is 0 Å². The van der Waals surface area contributed by atoms with Crippen LogP contribution in [0.25, 0.3) is 0 Å². The molecular weight excluding hydrogens is 273 g/mol. The Bertz CT molecular complexity index is 352. The molecule has 0 bridgehead atoms. The van der Waals surface area contributed by atoms with E-state index >= 15 is 0 Å². The molecule has 2 N–H and O–H groups in total. The SMILES string of the molecule is C[NH+](C)C.[B]C(C(=O)O)C1CC/C(C)=C/CCC(C)C(C)C1. The van der Waals surface area contributed by atoms with Crippen molar-refractivity contribution < 1.29 is 14.8 Å². The molecule has 3 nitrogen and oxygen atoms in total. The molecule has 4 atom stereocenters. The second-order valence-corrected chi connectivity index (χ2v) is 7.48. The summed E-state index contributed by atoms with van der Waals surface area (Å²) in [4.78, 5) is 12.5. The fraction of sp³-hybridized carbons (Fsp3) is 0.833. The zero-order valence-electron chi connectivity index (χ0n) is 15.4. The Morgan fingerprint density at radius 2 is 1.82 bits per heavy atom. The van der Waals surface area contributed by atoms with Crippen LogP contribution in [-0.4, -0.2) is 40.1 Å². The topological polar surface area (TPSA) is 41.7 Å². The maximum absolute atomic E-state index is 11.1. The number of nitrogens with one attached hydrogen (secondary N) is 1. The van der Waals surface area contributed by atoms with Gasteiger partial charge in [-0.05, 0) is 56.8 Å². The average molecular weight is 308 g/mol. The molecule has 126 valence electrons. The molecule has 0 aromatic rings. The lowest BCUT2D eigenvalue weighted by molar-refractivity contribution is -0.836. The number of carboxylic acids is 1. The molecule has 0 aromatic carbocycles. The van der Waals surface area contributed by atoms with Crippen LogP contribution in [0.2, 0.25) is 5.82 Å². The van der Waals surface area contributed by atoms with E-state index in [1.54, 1.807) is 0 Å². The molecule has 4 heteroatoms. The molecule has 0 saturated heterocycles. The second-order valence-electron chi connectivity index (χ2n) is 7.48. The van der Waals surface area contributed by atoms with E-state index in [0.29, 0.717) is 11.8 Å². The molecule has 0 saturated carbocycles. The minimum atomic E-state index is -0.862. The van der Waals surface area contributed by atoms with E-state index < -0.39 is 11.8 Å². The number of aliphatic carboxylic acids is 1. The Morgan fingerprint density at radius 3 is 2.32 bits per heavy atom. The zero-order chi connectivity index (χ0) is 17.3. The predicted molar refractivity (Wildman–Crippen MR) is 94.5 cm³/mol. The van der Waals surface area contributed by atoms with Gasteiger partial charge in [-0.15, -0.1) is 0 Å². The van der Waals surface area contributed by atoms with Crippen LogP contribution in [-0.2, 0) is 4.79 Å². The number of rotatable bonds is 2. The molecule has 1 rings (SSSR count). The largest absolute Gasteiger partial charge is 0.482 e. The van der Waals surface area contributed by atoms with Gasteiger partial charge in [0.1, 0.15) is 0 Å². The fourth-order valence-electron chi connectivity index (χ4n) is 2.75. The summed E-state index contributed by atoms with van der Waals surface area (Å²) in [6.07, 6.45) is 7.44. The third kappa shape index (κ3) is 9.29. The van der Waals surface area contributed by atoms with Gasteiger partial charge in [0.15, 0.2) is 0 Å². The number of hydrogen-bond donors (Lipinski definition) is 2. The highest BCUT2D eigenvalue weighted by Gasteiger charge is 2.26. The van der Waals surface area contributed by atoms with E-state index in [1.165, 1.54) is 16.9 Å². The number of hydrogen-bond acceptors (Lipinski definition) is 1. The van der Waals surface area contributed by atoms with Crippen molar-refractivity contribution in [3.05, 3.63) is 11.6 Å². The van der Waals surface area contributed by atoms with Gasteiger partial charge < -0.3 is 10.0 Å². The highest BCUT2D eigenvalue weighted by Crippen LogP contribution is 2.34. The number of quaternary nitrogens is 1. The smallest absolute Gasteiger partial charge is 0.297 e. The summed E-state index contributed by atoms with van der Waals surface area (Å²) in [5, 5.41) is 9.10. The van der Waals surface area contributed by atoms with Gasteiger partial charge in [-0.1, -0.05) is 25.5 Å². The Balaban J connectivity index is 0.000000980. The van der Waals surface area contributed by atoms with E-state index in [2.05, 4.69) is 48.0 Å². The van der Waals surface area contributed by atoms with Crippen LogP contribution in [0.1, 0.15) is 52.9 Å².